The summed E-state index contributed by atoms with van der Waals surface area (Å²) in [5.74, 6) is -0.229. The number of aromatic nitrogens is 2. The Labute approximate surface area is 106 Å². The molecule has 1 aromatic heterocycles. The molecule has 0 bridgehead atoms. The second-order valence-electron chi connectivity index (χ2n) is 5.09. The van der Waals surface area contributed by atoms with Gasteiger partial charge >= 0.3 is 0 Å². The van der Waals surface area contributed by atoms with Crippen molar-refractivity contribution in [3.8, 4) is 0 Å². The molecule has 1 fully saturated rings. The van der Waals surface area contributed by atoms with Gasteiger partial charge in [-0.05, 0) is 20.3 Å². The van der Waals surface area contributed by atoms with Gasteiger partial charge in [0, 0.05) is 13.2 Å². The summed E-state index contributed by atoms with van der Waals surface area (Å²) in [6.45, 7) is 5.31. The first-order chi connectivity index (χ1) is 8.36. The van der Waals surface area contributed by atoms with E-state index in [1.165, 1.54) is 0 Å². The highest BCUT2D eigenvalue weighted by atomic mass is 16.2. The number of nitrogens with one attached hydrogen (secondary N) is 1. The van der Waals surface area contributed by atoms with Crippen molar-refractivity contribution in [2.75, 3.05) is 4.90 Å². The zero-order valence-corrected chi connectivity index (χ0v) is 11.1. The lowest BCUT2D eigenvalue weighted by Gasteiger charge is -2.41. The van der Waals surface area contributed by atoms with Gasteiger partial charge in [-0.3, -0.25) is 19.2 Å². The Kier molecular flexibility index (Phi) is 2.88. The number of carbonyl (C=O) groups is 2. The standard InChI is InChI=1S/C12H18N4O2/c1-5-9-10(17)14-12(2,3)11(18)16(9)8-6-13-15(4)7-8/h6-7,9H,5H2,1-4H3,(H,14,17). The number of aryl methyl sites for hydroxylation is 1. The lowest BCUT2D eigenvalue weighted by Crippen LogP contribution is -2.68. The first-order valence-corrected chi connectivity index (χ1v) is 6.01. The van der Waals surface area contributed by atoms with Crippen LogP contribution in [0, 0.1) is 0 Å². The quantitative estimate of drug-likeness (QED) is 0.828. The van der Waals surface area contributed by atoms with E-state index in [9.17, 15) is 9.59 Å². The molecule has 98 valence electrons. The molecule has 18 heavy (non-hydrogen) atoms. The van der Waals surface area contributed by atoms with Crippen molar-refractivity contribution in [2.45, 2.75) is 38.8 Å². The van der Waals surface area contributed by atoms with E-state index in [-0.39, 0.29) is 11.8 Å². The van der Waals surface area contributed by atoms with Gasteiger partial charge in [0.1, 0.15) is 11.6 Å². The lowest BCUT2D eigenvalue weighted by atomic mass is 9.95. The Morgan fingerprint density at radius 3 is 2.61 bits per heavy atom. The Balaban J connectivity index is 2.45. The Morgan fingerprint density at radius 2 is 2.11 bits per heavy atom. The monoisotopic (exact) mass is 250 g/mol. The second kappa shape index (κ2) is 4.12. The molecule has 0 radical (unpaired) electrons. The third-order valence-corrected chi connectivity index (χ3v) is 3.16. The van der Waals surface area contributed by atoms with E-state index in [4.69, 9.17) is 0 Å². The van der Waals surface area contributed by atoms with Crippen LogP contribution >= 0.6 is 0 Å². The van der Waals surface area contributed by atoms with Crippen LogP contribution in [0.25, 0.3) is 0 Å². The summed E-state index contributed by atoms with van der Waals surface area (Å²) in [6.07, 6.45) is 3.92. The maximum atomic E-state index is 12.4. The number of hydrogen-bond acceptors (Lipinski definition) is 3. The molecule has 6 heteroatoms. The van der Waals surface area contributed by atoms with E-state index < -0.39 is 11.6 Å². The number of anilines is 1. The number of nitrogens with zero attached hydrogens (tertiary/aromatic N) is 3. The van der Waals surface area contributed by atoms with Crippen LogP contribution in [-0.4, -0.2) is 33.2 Å². The minimum absolute atomic E-state index is 0.109. The highest BCUT2D eigenvalue weighted by molar-refractivity contribution is 6.10. The summed E-state index contributed by atoms with van der Waals surface area (Å²) in [7, 11) is 1.78. The SMILES string of the molecule is CCC1C(=O)NC(C)(C)C(=O)N1c1cnn(C)c1. The second-order valence-corrected chi connectivity index (χ2v) is 5.09. The van der Waals surface area contributed by atoms with E-state index in [1.807, 2.05) is 6.92 Å². The molecule has 0 saturated carbocycles. The minimum atomic E-state index is -0.876. The molecule has 1 N–H and O–H groups in total. The van der Waals surface area contributed by atoms with E-state index in [0.717, 1.165) is 0 Å². The Hall–Kier alpha value is -1.85. The molecule has 0 spiro atoms. The summed E-state index contributed by atoms with van der Waals surface area (Å²) in [5, 5.41) is 6.81. The third kappa shape index (κ3) is 1.87. The van der Waals surface area contributed by atoms with E-state index in [0.29, 0.717) is 12.1 Å². The smallest absolute Gasteiger partial charge is 0.252 e. The van der Waals surface area contributed by atoms with Gasteiger partial charge in [0.2, 0.25) is 5.91 Å². The number of hydrogen-bond donors (Lipinski definition) is 1. The topological polar surface area (TPSA) is 67.2 Å². The maximum Gasteiger partial charge on any atom is 0.252 e. The van der Waals surface area contributed by atoms with Crippen LogP contribution in [0.5, 0.6) is 0 Å². The normalized spacial score (nSPS) is 23.1. The van der Waals surface area contributed by atoms with Crippen molar-refractivity contribution in [3.63, 3.8) is 0 Å². The van der Waals surface area contributed by atoms with Crippen molar-refractivity contribution < 1.29 is 9.59 Å². The molecule has 1 aromatic rings. The number of amides is 2. The van der Waals surface area contributed by atoms with Gasteiger partial charge < -0.3 is 5.32 Å². The maximum absolute atomic E-state index is 12.4. The molecule has 1 unspecified atom stereocenters. The first kappa shape index (κ1) is 12.6. The summed E-state index contributed by atoms with van der Waals surface area (Å²) in [4.78, 5) is 26.0. The highest BCUT2D eigenvalue weighted by Crippen LogP contribution is 2.26. The van der Waals surface area contributed by atoms with Crippen LogP contribution in [0.15, 0.2) is 12.4 Å². The molecule has 1 atom stereocenters. The van der Waals surface area contributed by atoms with Gasteiger partial charge in [0.15, 0.2) is 0 Å². The van der Waals surface area contributed by atoms with E-state index in [1.54, 1.807) is 42.9 Å². The van der Waals surface area contributed by atoms with Crippen LogP contribution in [0.4, 0.5) is 5.69 Å². The summed E-state index contributed by atoms with van der Waals surface area (Å²) >= 11 is 0. The van der Waals surface area contributed by atoms with Crippen LogP contribution in [0.1, 0.15) is 27.2 Å². The van der Waals surface area contributed by atoms with Gasteiger partial charge in [-0.25, -0.2) is 0 Å². The predicted octanol–water partition coefficient (Wildman–Crippen LogP) is 0.440. The minimum Gasteiger partial charge on any atom is -0.340 e. The lowest BCUT2D eigenvalue weighted by molar-refractivity contribution is -0.137. The average Bonchev–Trinajstić information content (AvgIpc) is 2.69. The fraction of sp³-hybridized carbons (Fsp3) is 0.583. The molecule has 1 aliphatic heterocycles. The third-order valence-electron chi connectivity index (χ3n) is 3.16. The molecular weight excluding hydrogens is 232 g/mol. The van der Waals surface area contributed by atoms with Gasteiger partial charge in [-0.2, -0.15) is 5.10 Å². The Morgan fingerprint density at radius 1 is 1.44 bits per heavy atom. The molecule has 6 nitrogen and oxygen atoms in total. The van der Waals surface area contributed by atoms with Crippen molar-refractivity contribution >= 4 is 17.5 Å². The predicted molar refractivity (Wildman–Crippen MR) is 67.0 cm³/mol. The van der Waals surface area contributed by atoms with Crippen LogP contribution in [0.2, 0.25) is 0 Å². The van der Waals surface area contributed by atoms with Crippen molar-refractivity contribution in [1.29, 1.82) is 0 Å². The van der Waals surface area contributed by atoms with Crippen molar-refractivity contribution in [2.24, 2.45) is 7.05 Å². The van der Waals surface area contributed by atoms with Gasteiger partial charge in [-0.1, -0.05) is 6.92 Å². The van der Waals surface area contributed by atoms with Gasteiger partial charge in [0.25, 0.3) is 5.91 Å². The largest absolute Gasteiger partial charge is 0.340 e. The van der Waals surface area contributed by atoms with Crippen molar-refractivity contribution in [3.05, 3.63) is 12.4 Å². The highest BCUT2D eigenvalue weighted by Gasteiger charge is 2.45. The van der Waals surface area contributed by atoms with Gasteiger partial charge in [-0.15, -0.1) is 0 Å². The zero-order valence-electron chi connectivity index (χ0n) is 11.1. The number of piperazine rings is 1. The molecule has 1 saturated heterocycles. The molecule has 2 amide bonds. The summed E-state index contributed by atoms with van der Waals surface area (Å²) in [5.41, 5.74) is -0.212. The summed E-state index contributed by atoms with van der Waals surface area (Å²) in [6, 6.07) is -0.463. The fourth-order valence-electron chi connectivity index (χ4n) is 2.20. The Bertz CT molecular complexity index is 492. The fourth-order valence-corrected chi connectivity index (χ4v) is 2.20. The van der Waals surface area contributed by atoms with E-state index >= 15 is 0 Å². The molecule has 2 heterocycles. The van der Waals surface area contributed by atoms with Crippen molar-refractivity contribution in [1.82, 2.24) is 15.1 Å². The zero-order chi connectivity index (χ0) is 13.5. The summed E-state index contributed by atoms with van der Waals surface area (Å²) < 4.78 is 1.62. The van der Waals surface area contributed by atoms with Gasteiger partial charge in [0.05, 0.1) is 11.9 Å². The first-order valence-electron chi connectivity index (χ1n) is 6.01. The van der Waals surface area contributed by atoms with E-state index in [2.05, 4.69) is 10.4 Å². The molecule has 0 aromatic carbocycles. The molecule has 0 aliphatic carbocycles. The number of rotatable bonds is 2. The van der Waals surface area contributed by atoms with Crippen LogP contribution < -0.4 is 10.2 Å². The molecule has 1 aliphatic rings. The molecular formula is C12H18N4O2. The average molecular weight is 250 g/mol. The van der Waals surface area contributed by atoms with Crippen LogP contribution in [-0.2, 0) is 16.6 Å². The van der Waals surface area contributed by atoms with Crippen LogP contribution in [0.3, 0.4) is 0 Å². The molecule has 2 rings (SSSR count). The number of carbonyl (C=O) groups excluding carboxylic acids is 2.